The van der Waals surface area contributed by atoms with Crippen LogP contribution in [0.15, 0.2) is 47.7 Å². The summed E-state index contributed by atoms with van der Waals surface area (Å²) in [4.78, 5) is 4.67. The number of nitrogens with one attached hydrogen (secondary N) is 2. The van der Waals surface area contributed by atoms with Gasteiger partial charge in [-0.1, -0.05) is 36.7 Å². The summed E-state index contributed by atoms with van der Waals surface area (Å²) in [6.45, 7) is 7.50. The Kier molecular flexibility index (Phi) is 10.6. The zero-order chi connectivity index (χ0) is 17.2. The minimum atomic E-state index is 0. The van der Waals surface area contributed by atoms with Gasteiger partial charge in [0.25, 0.3) is 0 Å². The highest BCUT2D eigenvalue weighted by atomic mass is 127. The molecule has 2 rings (SSSR count). The molecule has 0 saturated heterocycles. The zero-order valence-corrected chi connectivity index (χ0v) is 17.9. The van der Waals surface area contributed by atoms with Crippen LogP contribution in [-0.2, 0) is 13.0 Å². The van der Waals surface area contributed by atoms with Crippen LogP contribution in [0.4, 0.5) is 0 Å². The largest absolute Gasteiger partial charge is 0.357 e. The lowest BCUT2D eigenvalue weighted by Crippen LogP contribution is -2.38. The normalized spacial score (nSPS) is 12.4. The van der Waals surface area contributed by atoms with Crippen molar-refractivity contribution in [2.45, 2.75) is 26.8 Å². The van der Waals surface area contributed by atoms with Gasteiger partial charge in [0, 0.05) is 43.6 Å². The Bertz CT molecular complexity index is 630. The van der Waals surface area contributed by atoms with Gasteiger partial charge in [0.15, 0.2) is 5.96 Å². The molecule has 0 radical (unpaired) electrons. The van der Waals surface area contributed by atoms with Gasteiger partial charge in [-0.05, 0) is 37.0 Å². The summed E-state index contributed by atoms with van der Waals surface area (Å²) in [6, 6.07) is 9.88. The van der Waals surface area contributed by atoms with Gasteiger partial charge in [-0.25, -0.2) is 0 Å². The van der Waals surface area contributed by atoms with Crippen molar-refractivity contribution in [2.75, 3.05) is 19.6 Å². The van der Waals surface area contributed by atoms with E-state index in [1.807, 2.05) is 35.1 Å². The fourth-order valence-electron chi connectivity index (χ4n) is 2.39. The molecule has 25 heavy (non-hydrogen) atoms. The number of hydrogen-bond donors (Lipinski definition) is 2. The molecule has 1 unspecified atom stereocenters. The van der Waals surface area contributed by atoms with Gasteiger partial charge in [0.05, 0.1) is 0 Å². The highest BCUT2D eigenvalue weighted by Gasteiger charge is 2.05. The van der Waals surface area contributed by atoms with Crippen LogP contribution in [0, 0.1) is 5.92 Å². The number of aromatic nitrogens is 2. The SMILES string of the molecule is CCNC(=NCC(C)Cn1cccn1)NCCc1ccccc1Cl.I. The first-order valence-corrected chi connectivity index (χ1v) is 8.80. The molecule has 2 aromatic rings. The van der Waals surface area contributed by atoms with E-state index in [1.165, 1.54) is 0 Å². The Hall–Kier alpha value is -1.28. The summed E-state index contributed by atoms with van der Waals surface area (Å²) >= 11 is 6.19. The summed E-state index contributed by atoms with van der Waals surface area (Å²) < 4.78 is 1.94. The molecule has 1 aromatic carbocycles. The standard InChI is InChI=1S/C18H26ClN5.HI/c1-3-20-18(21-11-9-16-7-4-5-8-17(16)19)22-13-15(2)14-24-12-6-10-23-24;/h4-8,10,12,15H,3,9,11,13-14H2,1-2H3,(H2,20,21,22);1H. The van der Waals surface area contributed by atoms with Crippen molar-refractivity contribution >= 4 is 41.5 Å². The van der Waals surface area contributed by atoms with Gasteiger partial charge in [0.2, 0.25) is 0 Å². The van der Waals surface area contributed by atoms with Crippen LogP contribution in [0.3, 0.4) is 0 Å². The second kappa shape index (κ2) is 12.1. The molecule has 0 fully saturated rings. The van der Waals surface area contributed by atoms with Crippen molar-refractivity contribution in [1.82, 2.24) is 20.4 Å². The third kappa shape index (κ3) is 8.09. The van der Waals surface area contributed by atoms with E-state index in [2.05, 4.69) is 40.6 Å². The smallest absolute Gasteiger partial charge is 0.191 e. The van der Waals surface area contributed by atoms with Crippen LogP contribution >= 0.6 is 35.6 Å². The van der Waals surface area contributed by atoms with Crippen LogP contribution in [0.5, 0.6) is 0 Å². The predicted molar refractivity (Wildman–Crippen MR) is 116 cm³/mol. The quantitative estimate of drug-likeness (QED) is 0.349. The first kappa shape index (κ1) is 21.8. The van der Waals surface area contributed by atoms with E-state index in [0.717, 1.165) is 49.1 Å². The molecule has 0 aliphatic carbocycles. The van der Waals surface area contributed by atoms with E-state index in [9.17, 15) is 0 Å². The lowest BCUT2D eigenvalue weighted by atomic mass is 10.1. The zero-order valence-electron chi connectivity index (χ0n) is 14.8. The molecule has 0 saturated carbocycles. The molecule has 7 heteroatoms. The molecule has 0 bridgehead atoms. The predicted octanol–water partition coefficient (Wildman–Crippen LogP) is 3.59. The topological polar surface area (TPSA) is 54.2 Å². The van der Waals surface area contributed by atoms with Gasteiger partial charge in [-0.2, -0.15) is 5.10 Å². The van der Waals surface area contributed by atoms with Crippen molar-refractivity contribution in [3.05, 3.63) is 53.3 Å². The molecular formula is C18H27ClIN5. The number of guanidine groups is 1. The van der Waals surface area contributed by atoms with Crippen molar-refractivity contribution < 1.29 is 0 Å². The minimum Gasteiger partial charge on any atom is -0.357 e. The third-order valence-electron chi connectivity index (χ3n) is 3.61. The van der Waals surface area contributed by atoms with Gasteiger partial charge in [-0.3, -0.25) is 9.67 Å². The number of rotatable bonds is 8. The molecule has 1 atom stereocenters. The number of benzene rings is 1. The highest BCUT2D eigenvalue weighted by molar-refractivity contribution is 14.0. The van der Waals surface area contributed by atoms with Gasteiger partial charge < -0.3 is 10.6 Å². The van der Waals surface area contributed by atoms with Gasteiger partial charge in [0.1, 0.15) is 0 Å². The fraction of sp³-hybridized carbons (Fsp3) is 0.444. The summed E-state index contributed by atoms with van der Waals surface area (Å²) in [7, 11) is 0. The van der Waals surface area contributed by atoms with Gasteiger partial charge >= 0.3 is 0 Å². The summed E-state index contributed by atoms with van der Waals surface area (Å²) in [6.07, 6.45) is 4.65. The van der Waals surface area contributed by atoms with E-state index in [4.69, 9.17) is 11.6 Å². The maximum atomic E-state index is 6.19. The number of hydrogen-bond acceptors (Lipinski definition) is 2. The Morgan fingerprint density at radius 1 is 1.28 bits per heavy atom. The molecule has 0 aliphatic heterocycles. The lowest BCUT2D eigenvalue weighted by Gasteiger charge is -2.14. The van der Waals surface area contributed by atoms with Crippen LogP contribution in [0.1, 0.15) is 19.4 Å². The maximum absolute atomic E-state index is 6.19. The van der Waals surface area contributed by atoms with E-state index in [-0.39, 0.29) is 24.0 Å². The first-order chi connectivity index (χ1) is 11.7. The molecule has 138 valence electrons. The second-order valence-electron chi connectivity index (χ2n) is 5.82. The molecular weight excluding hydrogens is 449 g/mol. The van der Waals surface area contributed by atoms with E-state index >= 15 is 0 Å². The second-order valence-corrected chi connectivity index (χ2v) is 6.23. The molecule has 1 heterocycles. The van der Waals surface area contributed by atoms with E-state index < -0.39 is 0 Å². The monoisotopic (exact) mass is 475 g/mol. The minimum absolute atomic E-state index is 0. The van der Waals surface area contributed by atoms with E-state index in [1.54, 1.807) is 6.20 Å². The lowest BCUT2D eigenvalue weighted by molar-refractivity contribution is 0.458. The summed E-state index contributed by atoms with van der Waals surface area (Å²) in [5.41, 5.74) is 1.15. The Morgan fingerprint density at radius 2 is 2.08 bits per heavy atom. The van der Waals surface area contributed by atoms with Gasteiger partial charge in [-0.15, -0.1) is 24.0 Å². The van der Waals surface area contributed by atoms with Crippen molar-refractivity contribution in [1.29, 1.82) is 0 Å². The first-order valence-electron chi connectivity index (χ1n) is 8.42. The third-order valence-corrected chi connectivity index (χ3v) is 3.98. The average molecular weight is 476 g/mol. The molecule has 0 amide bonds. The molecule has 0 spiro atoms. The van der Waals surface area contributed by atoms with Crippen molar-refractivity contribution in [3.63, 3.8) is 0 Å². The Morgan fingerprint density at radius 3 is 2.76 bits per heavy atom. The summed E-state index contributed by atoms with van der Waals surface area (Å²) in [5, 5.41) is 11.7. The van der Waals surface area contributed by atoms with Crippen molar-refractivity contribution in [3.8, 4) is 0 Å². The molecule has 0 aliphatic rings. The molecule has 1 aromatic heterocycles. The van der Waals surface area contributed by atoms with Crippen LogP contribution in [0.2, 0.25) is 5.02 Å². The number of aliphatic imine (C=N–C) groups is 1. The Balaban J connectivity index is 0.00000312. The van der Waals surface area contributed by atoms with Crippen LogP contribution < -0.4 is 10.6 Å². The van der Waals surface area contributed by atoms with E-state index in [0.29, 0.717) is 5.92 Å². The Labute approximate surface area is 172 Å². The summed E-state index contributed by atoms with van der Waals surface area (Å²) in [5.74, 6) is 1.26. The maximum Gasteiger partial charge on any atom is 0.191 e. The molecule has 5 nitrogen and oxygen atoms in total. The number of halogens is 2. The fourth-order valence-corrected chi connectivity index (χ4v) is 2.62. The van der Waals surface area contributed by atoms with Crippen LogP contribution in [0.25, 0.3) is 0 Å². The average Bonchev–Trinajstić information content (AvgIpc) is 3.07. The number of nitrogens with zero attached hydrogens (tertiary/aromatic N) is 3. The van der Waals surface area contributed by atoms with Crippen molar-refractivity contribution in [2.24, 2.45) is 10.9 Å². The highest BCUT2D eigenvalue weighted by Crippen LogP contribution is 2.14. The van der Waals surface area contributed by atoms with Crippen LogP contribution in [-0.4, -0.2) is 35.4 Å². The molecule has 2 N–H and O–H groups in total.